The fourth-order valence-electron chi connectivity index (χ4n) is 5.21. The molecule has 0 spiro atoms. The highest BCUT2D eigenvalue weighted by atomic mass is 16.6. The lowest BCUT2D eigenvalue weighted by Crippen LogP contribution is -2.30. The summed E-state index contributed by atoms with van der Waals surface area (Å²) in [5, 5.41) is 0. The van der Waals surface area contributed by atoms with Crippen molar-refractivity contribution in [3.05, 3.63) is 85.1 Å². The molecule has 0 aromatic heterocycles. The van der Waals surface area contributed by atoms with Crippen LogP contribution in [0, 0.1) is 0 Å². The first kappa shape index (κ1) is 49.6. The first-order chi connectivity index (χ1) is 26.0. The third-order valence-corrected chi connectivity index (χ3v) is 8.36. The van der Waals surface area contributed by atoms with Gasteiger partial charge in [-0.15, -0.1) is 0 Å². The number of hydrogen-bond acceptors (Lipinski definition) is 6. The normalized spacial score (nSPS) is 12.9. The summed E-state index contributed by atoms with van der Waals surface area (Å²) in [6.07, 6.45) is 51.5. The van der Waals surface area contributed by atoms with E-state index < -0.39 is 6.10 Å². The zero-order valence-corrected chi connectivity index (χ0v) is 34.0. The fourth-order valence-corrected chi connectivity index (χ4v) is 5.21. The minimum absolute atomic E-state index is 0.110. The molecule has 300 valence electrons. The van der Waals surface area contributed by atoms with Crippen LogP contribution >= 0.6 is 0 Å². The molecule has 0 aliphatic heterocycles. The minimum atomic E-state index is -0.812. The van der Waals surface area contributed by atoms with E-state index in [0.717, 1.165) is 103 Å². The summed E-state index contributed by atoms with van der Waals surface area (Å²) in [5.41, 5.74) is 0. The van der Waals surface area contributed by atoms with Gasteiger partial charge in [0, 0.05) is 19.3 Å². The van der Waals surface area contributed by atoms with Crippen molar-refractivity contribution in [2.24, 2.45) is 0 Å². The van der Waals surface area contributed by atoms with Crippen LogP contribution in [0.5, 0.6) is 0 Å². The number of rotatable bonds is 36. The Bertz CT molecular complexity index is 1080. The van der Waals surface area contributed by atoms with Gasteiger partial charge in [0.25, 0.3) is 0 Å². The lowest BCUT2D eigenvalue weighted by atomic mass is 10.1. The molecule has 0 heterocycles. The van der Waals surface area contributed by atoms with E-state index in [9.17, 15) is 14.4 Å². The van der Waals surface area contributed by atoms with E-state index in [1.165, 1.54) is 25.7 Å². The Hall–Kier alpha value is -3.41. The van der Waals surface area contributed by atoms with E-state index in [0.29, 0.717) is 19.3 Å². The zero-order valence-electron chi connectivity index (χ0n) is 34.0. The Morgan fingerprint density at radius 1 is 0.396 bits per heavy atom. The maximum absolute atomic E-state index is 12.7. The van der Waals surface area contributed by atoms with Gasteiger partial charge in [-0.2, -0.15) is 0 Å². The average Bonchev–Trinajstić information content (AvgIpc) is 3.15. The lowest BCUT2D eigenvalue weighted by molar-refractivity contribution is -0.167. The van der Waals surface area contributed by atoms with Crippen molar-refractivity contribution in [3.8, 4) is 0 Å². The van der Waals surface area contributed by atoms with Crippen LogP contribution in [-0.4, -0.2) is 37.2 Å². The van der Waals surface area contributed by atoms with E-state index >= 15 is 0 Å². The molecule has 53 heavy (non-hydrogen) atoms. The van der Waals surface area contributed by atoms with Gasteiger partial charge in [0.1, 0.15) is 13.2 Å². The molecule has 0 saturated carbocycles. The maximum atomic E-state index is 12.7. The van der Waals surface area contributed by atoms with Gasteiger partial charge >= 0.3 is 17.9 Å². The predicted octanol–water partition coefficient (Wildman–Crippen LogP) is 13.3. The van der Waals surface area contributed by atoms with Gasteiger partial charge in [0.2, 0.25) is 0 Å². The summed E-state index contributed by atoms with van der Waals surface area (Å²) < 4.78 is 16.6. The molecule has 0 aromatic carbocycles. The molecule has 1 atom stereocenters. The first-order valence-corrected chi connectivity index (χ1v) is 21.1. The summed E-state index contributed by atoms with van der Waals surface area (Å²) in [5.74, 6) is -1.01. The van der Waals surface area contributed by atoms with Gasteiger partial charge in [-0.1, -0.05) is 138 Å². The largest absolute Gasteiger partial charge is 0.462 e. The maximum Gasteiger partial charge on any atom is 0.306 e. The van der Waals surface area contributed by atoms with Gasteiger partial charge in [-0.3, -0.25) is 14.4 Å². The molecular weight excluding hydrogens is 661 g/mol. The second-order valence-corrected chi connectivity index (χ2v) is 13.5. The van der Waals surface area contributed by atoms with Crippen molar-refractivity contribution in [2.75, 3.05) is 13.2 Å². The lowest BCUT2D eigenvalue weighted by Gasteiger charge is -2.18. The molecule has 0 amide bonds. The molecule has 0 rings (SSSR count). The molecule has 6 heteroatoms. The summed E-state index contributed by atoms with van der Waals surface area (Å²) in [4.78, 5) is 37.6. The van der Waals surface area contributed by atoms with Crippen LogP contribution in [0.4, 0.5) is 0 Å². The highest BCUT2D eigenvalue weighted by Crippen LogP contribution is 2.11. The second-order valence-electron chi connectivity index (χ2n) is 13.5. The quantitative estimate of drug-likeness (QED) is 0.0276. The van der Waals surface area contributed by atoms with E-state index in [2.05, 4.69) is 106 Å². The molecule has 0 fully saturated rings. The number of allylic oxidation sites excluding steroid dienone is 14. The summed E-state index contributed by atoms with van der Waals surface area (Å²) in [7, 11) is 0. The molecule has 0 bridgehead atoms. The average molecular weight is 737 g/mol. The Balaban J connectivity index is 4.53. The van der Waals surface area contributed by atoms with Crippen molar-refractivity contribution < 1.29 is 28.6 Å². The number of carbonyl (C=O) groups excluding carboxylic acids is 3. The number of esters is 3. The van der Waals surface area contributed by atoms with Crippen molar-refractivity contribution >= 4 is 17.9 Å². The molecular formula is C47H76O6. The molecule has 6 nitrogen and oxygen atoms in total. The second kappa shape index (κ2) is 41.3. The smallest absolute Gasteiger partial charge is 0.306 e. The third-order valence-electron chi connectivity index (χ3n) is 8.36. The van der Waals surface area contributed by atoms with Gasteiger partial charge in [-0.05, 0) is 103 Å². The summed E-state index contributed by atoms with van der Waals surface area (Å²) in [6, 6.07) is 0. The van der Waals surface area contributed by atoms with E-state index in [-0.39, 0.29) is 37.5 Å². The van der Waals surface area contributed by atoms with E-state index in [1.807, 2.05) is 0 Å². The number of ether oxygens (including phenoxy) is 3. The zero-order chi connectivity index (χ0) is 38.7. The van der Waals surface area contributed by atoms with Crippen LogP contribution in [-0.2, 0) is 28.6 Å². The molecule has 1 unspecified atom stereocenters. The first-order valence-electron chi connectivity index (χ1n) is 21.1. The van der Waals surface area contributed by atoms with Crippen LogP contribution in [0.3, 0.4) is 0 Å². The minimum Gasteiger partial charge on any atom is -0.462 e. The molecule has 0 radical (unpaired) electrons. The van der Waals surface area contributed by atoms with Gasteiger partial charge in [0.15, 0.2) is 6.10 Å². The van der Waals surface area contributed by atoms with E-state index in [4.69, 9.17) is 14.2 Å². The number of carbonyl (C=O) groups is 3. The van der Waals surface area contributed by atoms with Gasteiger partial charge in [-0.25, -0.2) is 0 Å². The number of hydrogen-bond donors (Lipinski definition) is 0. The monoisotopic (exact) mass is 737 g/mol. The van der Waals surface area contributed by atoms with E-state index in [1.54, 1.807) is 0 Å². The van der Waals surface area contributed by atoms with Crippen LogP contribution in [0.15, 0.2) is 85.1 Å². The molecule has 0 saturated heterocycles. The SMILES string of the molecule is CC/C=C\C/C=C\C/C=C\CCCCC(=O)OCC(COC(=O)CCCCCCC/C=C\CCCC)OC(=O)CCCC/C=C\C/C=C\C/C=C\CC. The Labute approximate surface area is 325 Å². The van der Waals surface area contributed by atoms with Crippen LogP contribution in [0.1, 0.15) is 175 Å². The van der Waals surface area contributed by atoms with Crippen LogP contribution in [0.2, 0.25) is 0 Å². The van der Waals surface area contributed by atoms with Crippen molar-refractivity contribution in [3.63, 3.8) is 0 Å². The van der Waals surface area contributed by atoms with Crippen LogP contribution in [0.25, 0.3) is 0 Å². The standard InChI is InChI=1S/C47H76O6/c1-4-7-10-13-16-19-22-25-28-31-34-37-40-46(49)52-43-44(42-51-45(48)39-36-33-30-27-24-21-18-15-12-9-6-3)53-47(50)41-38-35-32-29-26-23-20-17-14-11-8-5-2/h7-8,10-11,15-20,25-26,28-29,44H,4-6,9,12-14,21-24,27,30-43H2,1-3H3/b10-7-,11-8-,18-15-,19-16-,20-17-,28-25-,29-26-. The third kappa shape index (κ3) is 39.6. The van der Waals surface area contributed by atoms with Crippen molar-refractivity contribution in [1.82, 2.24) is 0 Å². The fraction of sp³-hybridized carbons (Fsp3) is 0.638. The molecule has 0 aliphatic rings. The Morgan fingerprint density at radius 3 is 1.21 bits per heavy atom. The highest BCUT2D eigenvalue weighted by molar-refractivity contribution is 5.71. The highest BCUT2D eigenvalue weighted by Gasteiger charge is 2.19. The van der Waals surface area contributed by atoms with Gasteiger partial charge < -0.3 is 14.2 Å². The van der Waals surface area contributed by atoms with Crippen molar-refractivity contribution in [1.29, 1.82) is 0 Å². The predicted molar refractivity (Wildman–Crippen MR) is 224 cm³/mol. The molecule has 0 aromatic rings. The topological polar surface area (TPSA) is 78.9 Å². The molecule has 0 N–H and O–H groups in total. The Morgan fingerprint density at radius 2 is 0.736 bits per heavy atom. The Kier molecular flexibility index (Phi) is 38.7. The number of unbranched alkanes of at least 4 members (excludes halogenated alkanes) is 11. The van der Waals surface area contributed by atoms with Crippen LogP contribution < -0.4 is 0 Å². The summed E-state index contributed by atoms with van der Waals surface area (Å²) >= 11 is 0. The van der Waals surface area contributed by atoms with Gasteiger partial charge in [0.05, 0.1) is 0 Å². The summed E-state index contributed by atoms with van der Waals surface area (Å²) in [6.45, 7) is 6.25. The molecule has 0 aliphatic carbocycles. The van der Waals surface area contributed by atoms with Crippen molar-refractivity contribution in [2.45, 2.75) is 181 Å².